The number of hydrazone groups is 1. The molecule has 170 valence electrons. The van der Waals surface area contributed by atoms with Gasteiger partial charge in [0.25, 0.3) is 11.6 Å². The van der Waals surface area contributed by atoms with Crippen molar-refractivity contribution in [1.29, 1.82) is 0 Å². The van der Waals surface area contributed by atoms with Crippen molar-refractivity contribution in [3.05, 3.63) is 91.0 Å². The first kappa shape index (κ1) is 24.0. The van der Waals surface area contributed by atoms with Gasteiger partial charge in [-0.3, -0.25) is 14.9 Å². The average molecular weight is 561 g/mol. The molecule has 0 aliphatic heterocycles. The summed E-state index contributed by atoms with van der Waals surface area (Å²) >= 11 is 2.13. The third kappa shape index (κ3) is 6.42. The predicted molar refractivity (Wildman–Crippen MR) is 131 cm³/mol. The first-order valence-electron chi connectivity index (χ1n) is 9.83. The van der Waals surface area contributed by atoms with Crippen LogP contribution in [0.15, 0.2) is 65.8 Å². The first-order valence-corrected chi connectivity index (χ1v) is 10.9. The van der Waals surface area contributed by atoms with Crippen LogP contribution in [0.3, 0.4) is 0 Å². The van der Waals surface area contributed by atoms with Gasteiger partial charge in [-0.2, -0.15) is 5.10 Å². The van der Waals surface area contributed by atoms with Crippen LogP contribution in [0, 0.1) is 13.7 Å². The van der Waals surface area contributed by atoms with Crippen LogP contribution in [0.4, 0.5) is 5.69 Å². The molecule has 0 unspecified atom stereocenters. The number of hydrogen-bond donors (Lipinski definition) is 2. The van der Waals surface area contributed by atoms with Crippen LogP contribution in [-0.4, -0.2) is 28.8 Å². The van der Waals surface area contributed by atoms with Crippen molar-refractivity contribution in [3.8, 4) is 17.2 Å². The molecule has 3 rings (SSSR count). The van der Waals surface area contributed by atoms with E-state index in [9.17, 15) is 20.0 Å². The van der Waals surface area contributed by atoms with E-state index in [1.165, 1.54) is 6.21 Å². The van der Waals surface area contributed by atoms with Crippen LogP contribution in [-0.2, 0) is 6.61 Å². The summed E-state index contributed by atoms with van der Waals surface area (Å²) in [4.78, 5) is 22.5. The number of amides is 1. The summed E-state index contributed by atoms with van der Waals surface area (Å²) in [6.07, 6.45) is 1.40. The zero-order valence-electron chi connectivity index (χ0n) is 17.5. The molecule has 3 aromatic rings. The lowest BCUT2D eigenvalue weighted by Gasteiger charge is -2.14. The number of non-ortho nitro benzene ring substituents is 1. The third-order valence-electron chi connectivity index (χ3n) is 4.37. The van der Waals surface area contributed by atoms with Crippen molar-refractivity contribution in [2.75, 3.05) is 6.61 Å². The van der Waals surface area contributed by atoms with Gasteiger partial charge >= 0.3 is 0 Å². The van der Waals surface area contributed by atoms with E-state index in [2.05, 4.69) is 33.1 Å². The number of rotatable bonds is 9. The summed E-state index contributed by atoms with van der Waals surface area (Å²) < 4.78 is 12.5. The van der Waals surface area contributed by atoms with Gasteiger partial charge < -0.3 is 14.6 Å². The summed E-state index contributed by atoms with van der Waals surface area (Å²) in [7, 11) is 0. The standard InChI is InChI=1S/C23H20IN3O6/c1-2-32-21-11-16(10-19(24)22(21)33-14-15-6-4-3-5-7-15)13-25-26-23(29)18-12-17(27(30)31)8-9-20(18)28/h3-13,28H,2,14H2,1H3,(H,26,29)/b25-13-. The van der Waals surface area contributed by atoms with Crippen molar-refractivity contribution < 1.29 is 24.3 Å². The van der Waals surface area contributed by atoms with E-state index in [0.717, 1.165) is 27.3 Å². The van der Waals surface area contributed by atoms with Gasteiger partial charge in [0.15, 0.2) is 11.5 Å². The Hall–Kier alpha value is -3.67. The van der Waals surface area contributed by atoms with Gasteiger partial charge in [-0.25, -0.2) is 5.43 Å². The second kappa shape index (κ2) is 11.3. The lowest BCUT2D eigenvalue weighted by molar-refractivity contribution is -0.384. The molecule has 0 spiro atoms. The van der Waals surface area contributed by atoms with Gasteiger partial charge in [0.1, 0.15) is 12.4 Å². The molecule has 3 aromatic carbocycles. The number of nitro benzene ring substituents is 1. The highest BCUT2D eigenvalue weighted by Gasteiger charge is 2.16. The number of nitrogens with one attached hydrogen (secondary N) is 1. The Morgan fingerprint density at radius 3 is 2.64 bits per heavy atom. The zero-order chi connectivity index (χ0) is 23.8. The number of halogens is 1. The number of carbonyl (C=O) groups is 1. The maximum Gasteiger partial charge on any atom is 0.275 e. The quantitative estimate of drug-likeness (QED) is 0.170. The Bertz CT molecular complexity index is 1180. The lowest BCUT2D eigenvalue weighted by Crippen LogP contribution is -2.18. The van der Waals surface area contributed by atoms with E-state index in [4.69, 9.17) is 9.47 Å². The number of nitrogens with zero attached hydrogens (tertiary/aromatic N) is 2. The van der Waals surface area contributed by atoms with Gasteiger partial charge in [0, 0.05) is 12.1 Å². The zero-order valence-corrected chi connectivity index (χ0v) is 19.7. The molecule has 2 N–H and O–H groups in total. The van der Waals surface area contributed by atoms with Crippen LogP contribution in [0.25, 0.3) is 0 Å². The number of phenolic OH excluding ortho intramolecular Hbond substituents is 1. The molecule has 0 radical (unpaired) electrons. The third-order valence-corrected chi connectivity index (χ3v) is 5.17. The van der Waals surface area contributed by atoms with Gasteiger partial charge in [-0.15, -0.1) is 0 Å². The summed E-state index contributed by atoms with van der Waals surface area (Å²) in [5.74, 6) is -0.0372. The predicted octanol–water partition coefficient (Wildman–Crippen LogP) is 4.65. The molecule has 9 nitrogen and oxygen atoms in total. The summed E-state index contributed by atoms with van der Waals surface area (Å²) in [6.45, 7) is 2.68. The van der Waals surface area contributed by atoms with Crippen LogP contribution >= 0.6 is 22.6 Å². The number of hydrogen-bond acceptors (Lipinski definition) is 7. The van der Waals surface area contributed by atoms with Gasteiger partial charge in [-0.05, 0) is 58.8 Å². The molecule has 33 heavy (non-hydrogen) atoms. The molecule has 0 atom stereocenters. The van der Waals surface area contributed by atoms with Crippen LogP contribution < -0.4 is 14.9 Å². The molecule has 0 saturated carbocycles. The molecule has 0 heterocycles. The van der Waals surface area contributed by atoms with Crippen molar-refractivity contribution in [2.24, 2.45) is 5.10 Å². The van der Waals surface area contributed by atoms with Crippen LogP contribution in [0.2, 0.25) is 0 Å². The fourth-order valence-corrected chi connectivity index (χ4v) is 3.62. The molecule has 1 amide bonds. The highest BCUT2D eigenvalue weighted by molar-refractivity contribution is 14.1. The first-order chi connectivity index (χ1) is 15.9. The van der Waals surface area contributed by atoms with Crippen molar-refractivity contribution in [2.45, 2.75) is 13.5 Å². The molecule has 0 aliphatic carbocycles. The van der Waals surface area contributed by atoms with E-state index in [0.29, 0.717) is 30.3 Å². The molecule has 0 bridgehead atoms. The number of nitro groups is 1. The van der Waals surface area contributed by atoms with E-state index in [1.807, 2.05) is 43.3 Å². The monoisotopic (exact) mass is 561 g/mol. The normalized spacial score (nSPS) is 10.7. The molecule has 0 fully saturated rings. The minimum Gasteiger partial charge on any atom is -0.507 e. The Labute approximate surface area is 203 Å². The summed E-state index contributed by atoms with van der Waals surface area (Å²) in [5.41, 5.74) is 3.35. The molecular weight excluding hydrogens is 541 g/mol. The smallest absolute Gasteiger partial charge is 0.275 e. The van der Waals surface area contributed by atoms with Crippen molar-refractivity contribution in [3.63, 3.8) is 0 Å². The van der Waals surface area contributed by atoms with E-state index >= 15 is 0 Å². The molecule has 10 heteroatoms. The maximum atomic E-state index is 12.3. The Morgan fingerprint density at radius 2 is 1.94 bits per heavy atom. The number of ether oxygens (including phenoxy) is 2. The maximum absolute atomic E-state index is 12.3. The second-order valence-corrected chi connectivity index (χ2v) is 7.86. The highest BCUT2D eigenvalue weighted by atomic mass is 127. The fourth-order valence-electron chi connectivity index (χ4n) is 2.84. The number of carbonyl (C=O) groups excluding carboxylic acids is 1. The van der Waals surface area contributed by atoms with Crippen molar-refractivity contribution in [1.82, 2.24) is 5.43 Å². The van der Waals surface area contributed by atoms with Crippen LogP contribution in [0.5, 0.6) is 17.2 Å². The largest absolute Gasteiger partial charge is 0.507 e. The van der Waals surface area contributed by atoms with Gasteiger partial charge in [-0.1, -0.05) is 30.3 Å². The highest BCUT2D eigenvalue weighted by Crippen LogP contribution is 2.34. The Balaban J connectivity index is 1.74. The fraction of sp³-hybridized carbons (Fsp3) is 0.130. The van der Waals surface area contributed by atoms with Crippen molar-refractivity contribution >= 4 is 40.4 Å². The second-order valence-electron chi connectivity index (χ2n) is 6.69. The van der Waals surface area contributed by atoms with E-state index < -0.39 is 10.8 Å². The molecule has 0 saturated heterocycles. The Kier molecular flexibility index (Phi) is 8.19. The molecular formula is C23H20IN3O6. The summed E-state index contributed by atoms with van der Waals surface area (Å²) in [6, 6.07) is 16.5. The summed E-state index contributed by atoms with van der Waals surface area (Å²) in [5, 5.41) is 24.6. The van der Waals surface area contributed by atoms with Gasteiger partial charge in [0.2, 0.25) is 0 Å². The SMILES string of the molecule is CCOc1cc(/C=N\NC(=O)c2cc([N+](=O)[O-])ccc2O)cc(I)c1OCc1ccccc1. The van der Waals surface area contributed by atoms with E-state index in [1.54, 1.807) is 6.07 Å². The number of phenols is 1. The van der Waals surface area contributed by atoms with Crippen LogP contribution in [0.1, 0.15) is 28.4 Å². The number of aromatic hydroxyl groups is 1. The minimum atomic E-state index is -0.782. The molecule has 0 aliphatic rings. The van der Waals surface area contributed by atoms with Gasteiger partial charge in [0.05, 0.1) is 26.9 Å². The number of benzene rings is 3. The van der Waals surface area contributed by atoms with E-state index in [-0.39, 0.29) is 17.0 Å². The average Bonchev–Trinajstić information content (AvgIpc) is 2.79. The molecule has 0 aromatic heterocycles. The minimum absolute atomic E-state index is 0.254. The lowest BCUT2D eigenvalue weighted by atomic mass is 10.1. The topological polar surface area (TPSA) is 123 Å². The Morgan fingerprint density at radius 1 is 1.18 bits per heavy atom.